The van der Waals surface area contributed by atoms with Crippen LogP contribution in [0.1, 0.15) is 16.7 Å². The molecule has 2 aromatic carbocycles. The van der Waals surface area contributed by atoms with Crippen molar-refractivity contribution in [3.05, 3.63) is 59.2 Å². The molecule has 0 aliphatic carbocycles. The molecular weight excluding hydrogens is 304 g/mol. The molecule has 0 saturated heterocycles. The molecule has 0 atom stereocenters. The van der Waals surface area contributed by atoms with E-state index in [1.54, 1.807) is 4.90 Å². The summed E-state index contributed by atoms with van der Waals surface area (Å²) in [6.07, 6.45) is 0.888. The third kappa shape index (κ3) is 3.51. The minimum absolute atomic E-state index is 0.0371. The highest BCUT2D eigenvalue weighted by Crippen LogP contribution is 2.29. The summed E-state index contributed by atoms with van der Waals surface area (Å²) in [4.78, 5) is 14.3. The number of amides is 2. The van der Waals surface area contributed by atoms with Gasteiger partial charge in [0.25, 0.3) is 0 Å². The Labute approximate surface area is 141 Å². The van der Waals surface area contributed by atoms with Gasteiger partial charge in [-0.1, -0.05) is 30.3 Å². The number of hydrogen-bond donors (Lipinski definition) is 2. The Kier molecular flexibility index (Phi) is 5.01. The number of urea groups is 1. The highest BCUT2D eigenvalue weighted by molar-refractivity contribution is 5.94. The van der Waals surface area contributed by atoms with Gasteiger partial charge in [-0.25, -0.2) is 4.79 Å². The van der Waals surface area contributed by atoms with Crippen LogP contribution in [0.4, 0.5) is 10.5 Å². The fraction of sp³-hybridized carbons (Fsp3) is 0.316. The predicted octanol–water partition coefficient (Wildman–Crippen LogP) is 2.64. The van der Waals surface area contributed by atoms with E-state index >= 15 is 0 Å². The van der Waals surface area contributed by atoms with Crippen LogP contribution in [0.5, 0.6) is 5.75 Å². The topological polar surface area (TPSA) is 61.8 Å². The van der Waals surface area contributed by atoms with Crippen LogP contribution in [0, 0.1) is 6.92 Å². The molecule has 0 radical (unpaired) electrons. The first-order chi connectivity index (χ1) is 11.7. The summed E-state index contributed by atoms with van der Waals surface area (Å²) in [5.41, 5.74) is 4.25. The molecule has 0 saturated carbocycles. The number of nitrogens with one attached hydrogen (secondary N) is 1. The number of aliphatic hydroxyl groups excluding tert-OH is 1. The Morgan fingerprint density at radius 2 is 2.12 bits per heavy atom. The van der Waals surface area contributed by atoms with Crippen molar-refractivity contribution in [1.82, 2.24) is 5.32 Å². The average molecular weight is 326 g/mol. The van der Waals surface area contributed by atoms with E-state index in [4.69, 9.17) is 9.84 Å². The molecule has 1 aliphatic heterocycles. The van der Waals surface area contributed by atoms with Gasteiger partial charge in [0.2, 0.25) is 0 Å². The molecule has 0 spiro atoms. The lowest BCUT2D eigenvalue weighted by atomic mass is 10.1. The van der Waals surface area contributed by atoms with Gasteiger partial charge in [-0.2, -0.15) is 0 Å². The number of nitrogens with zero attached hydrogens (tertiary/aromatic N) is 1. The van der Waals surface area contributed by atoms with Crippen molar-refractivity contribution >= 4 is 11.7 Å². The number of anilines is 1. The molecule has 0 unspecified atom stereocenters. The lowest BCUT2D eigenvalue weighted by molar-refractivity contribution is 0.200. The van der Waals surface area contributed by atoms with Crippen molar-refractivity contribution in [3.8, 4) is 5.75 Å². The van der Waals surface area contributed by atoms with Gasteiger partial charge in [-0.3, -0.25) is 4.90 Å². The summed E-state index contributed by atoms with van der Waals surface area (Å²) in [6.45, 7) is 3.32. The third-order valence-corrected chi connectivity index (χ3v) is 4.13. The summed E-state index contributed by atoms with van der Waals surface area (Å²) in [7, 11) is 0. The van der Waals surface area contributed by atoms with E-state index in [-0.39, 0.29) is 19.2 Å². The van der Waals surface area contributed by atoms with E-state index in [2.05, 4.69) is 23.5 Å². The molecule has 0 fully saturated rings. The van der Waals surface area contributed by atoms with Gasteiger partial charge >= 0.3 is 6.03 Å². The maximum atomic E-state index is 12.6. The molecule has 5 heteroatoms. The van der Waals surface area contributed by atoms with E-state index in [9.17, 15) is 4.79 Å². The zero-order chi connectivity index (χ0) is 16.9. The maximum Gasteiger partial charge on any atom is 0.322 e. The number of ether oxygens (including phenoxy) is 1. The molecule has 24 heavy (non-hydrogen) atoms. The molecular formula is C19H22N2O3. The van der Waals surface area contributed by atoms with Crippen LogP contribution in [0.3, 0.4) is 0 Å². The van der Waals surface area contributed by atoms with Crippen molar-refractivity contribution in [2.75, 3.05) is 24.7 Å². The molecule has 0 aromatic heterocycles. The van der Waals surface area contributed by atoms with Crippen molar-refractivity contribution in [1.29, 1.82) is 0 Å². The summed E-state index contributed by atoms with van der Waals surface area (Å²) >= 11 is 0. The maximum absolute atomic E-state index is 12.6. The Morgan fingerprint density at radius 3 is 2.96 bits per heavy atom. The Bertz CT molecular complexity index is 730. The van der Waals surface area contributed by atoms with Crippen LogP contribution in [-0.2, 0) is 13.0 Å². The van der Waals surface area contributed by atoms with Crippen LogP contribution in [-0.4, -0.2) is 30.9 Å². The van der Waals surface area contributed by atoms with Crippen LogP contribution >= 0.6 is 0 Å². The van der Waals surface area contributed by atoms with Gasteiger partial charge in [0.1, 0.15) is 12.4 Å². The predicted molar refractivity (Wildman–Crippen MR) is 93.5 cm³/mol. The molecule has 2 amide bonds. The van der Waals surface area contributed by atoms with Crippen molar-refractivity contribution in [2.45, 2.75) is 19.9 Å². The second-order valence-electron chi connectivity index (χ2n) is 5.87. The van der Waals surface area contributed by atoms with Crippen molar-refractivity contribution in [3.63, 3.8) is 0 Å². The number of para-hydroxylation sites is 1. The molecule has 1 heterocycles. The second kappa shape index (κ2) is 7.36. The first-order valence-corrected chi connectivity index (χ1v) is 8.15. The number of rotatable bonds is 5. The second-order valence-corrected chi connectivity index (χ2v) is 5.87. The van der Waals surface area contributed by atoms with Gasteiger partial charge in [0.15, 0.2) is 0 Å². The van der Waals surface area contributed by atoms with Gasteiger partial charge < -0.3 is 15.2 Å². The quantitative estimate of drug-likeness (QED) is 0.888. The average Bonchev–Trinajstić information content (AvgIpc) is 3.01. The van der Waals surface area contributed by atoms with E-state index < -0.39 is 0 Å². The van der Waals surface area contributed by atoms with Crippen LogP contribution in [0.15, 0.2) is 42.5 Å². The molecule has 2 N–H and O–H groups in total. The summed E-state index contributed by atoms with van der Waals surface area (Å²) in [5, 5.41) is 11.9. The van der Waals surface area contributed by atoms with E-state index in [0.29, 0.717) is 18.8 Å². The highest BCUT2D eigenvalue weighted by atomic mass is 16.5. The highest BCUT2D eigenvalue weighted by Gasteiger charge is 2.24. The number of aliphatic hydroxyl groups is 1. The number of carbonyl (C=O) groups is 1. The molecule has 1 aliphatic rings. The molecule has 3 rings (SSSR count). The van der Waals surface area contributed by atoms with E-state index in [1.807, 2.05) is 31.2 Å². The Hall–Kier alpha value is -2.53. The fourth-order valence-corrected chi connectivity index (χ4v) is 2.91. The number of aryl methyl sites for hydroxylation is 1. The zero-order valence-corrected chi connectivity index (χ0v) is 13.8. The summed E-state index contributed by atoms with van der Waals surface area (Å²) < 4.78 is 5.50. The summed E-state index contributed by atoms with van der Waals surface area (Å²) in [6, 6.07) is 13.7. The third-order valence-electron chi connectivity index (χ3n) is 4.13. The van der Waals surface area contributed by atoms with Crippen LogP contribution in [0.2, 0.25) is 0 Å². The van der Waals surface area contributed by atoms with Gasteiger partial charge in [0, 0.05) is 24.3 Å². The van der Waals surface area contributed by atoms with Crippen molar-refractivity contribution in [2.24, 2.45) is 0 Å². The molecule has 126 valence electrons. The van der Waals surface area contributed by atoms with Gasteiger partial charge in [-0.05, 0) is 36.6 Å². The van der Waals surface area contributed by atoms with Crippen molar-refractivity contribution < 1.29 is 14.6 Å². The zero-order valence-electron chi connectivity index (χ0n) is 13.8. The monoisotopic (exact) mass is 326 g/mol. The normalized spacial score (nSPS) is 12.8. The Balaban J connectivity index is 1.66. The Morgan fingerprint density at radius 1 is 1.29 bits per heavy atom. The molecule has 0 bridgehead atoms. The standard InChI is InChI=1S/C19H22N2O3/c1-14-6-7-15-8-9-21(17(15)12-14)19(23)20-13-16-4-2-3-5-18(16)24-11-10-22/h2-7,12,22H,8-11,13H2,1H3,(H,20,23). The number of fused-ring (bicyclic) bond motifs is 1. The largest absolute Gasteiger partial charge is 0.491 e. The molecule has 2 aromatic rings. The first kappa shape index (κ1) is 16.3. The van der Waals surface area contributed by atoms with E-state index in [1.165, 1.54) is 5.56 Å². The minimum atomic E-state index is -0.101. The van der Waals surface area contributed by atoms with E-state index in [0.717, 1.165) is 23.2 Å². The molecule has 5 nitrogen and oxygen atoms in total. The van der Waals surface area contributed by atoms with Gasteiger partial charge in [0.05, 0.1) is 6.61 Å². The summed E-state index contributed by atoms with van der Waals surface area (Å²) in [5.74, 6) is 0.685. The fourth-order valence-electron chi connectivity index (χ4n) is 2.91. The number of carbonyl (C=O) groups excluding carboxylic acids is 1. The number of benzene rings is 2. The van der Waals surface area contributed by atoms with Crippen LogP contribution < -0.4 is 15.0 Å². The number of hydrogen-bond acceptors (Lipinski definition) is 3. The van der Waals surface area contributed by atoms with Crippen LogP contribution in [0.25, 0.3) is 0 Å². The SMILES string of the molecule is Cc1ccc2c(c1)N(C(=O)NCc1ccccc1OCCO)CC2. The first-order valence-electron chi connectivity index (χ1n) is 8.15. The lowest BCUT2D eigenvalue weighted by Crippen LogP contribution is -2.38. The van der Waals surface area contributed by atoms with Gasteiger partial charge in [-0.15, -0.1) is 0 Å². The smallest absolute Gasteiger partial charge is 0.322 e. The minimum Gasteiger partial charge on any atom is -0.491 e. The lowest BCUT2D eigenvalue weighted by Gasteiger charge is -2.19.